The molecule has 1 heteroatoms. The zero-order valence-electron chi connectivity index (χ0n) is 6.44. The van der Waals surface area contributed by atoms with Crippen LogP contribution in [0.2, 0.25) is 0 Å². The van der Waals surface area contributed by atoms with Crippen LogP contribution < -0.4 is 0 Å². The van der Waals surface area contributed by atoms with E-state index >= 15 is 0 Å². The van der Waals surface area contributed by atoms with E-state index in [9.17, 15) is 0 Å². The van der Waals surface area contributed by atoms with Gasteiger partial charge in [0.1, 0.15) is 0 Å². The highest BCUT2D eigenvalue weighted by Crippen LogP contribution is 2.45. The first kappa shape index (κ1) is 6.01. The molecule has 1 saturated carbocycles. The molecule has 4 atom stereocenters. The van der Waals surface area contributed by atoms with Crippen molar-refractivity contribution in [3.8, 4) is 0 Å². The SMILES string of the molecule is C1=CC2CCC3OC3C2C=C1. The van der Waals surface area contributed by atoms with E-state index in [1.807, 2.05) is 0 Å². The summed E-state index contributed by atoms with van der Waals surface area (Å²) in [5.41, 5.74) is 0. The lowest BCUT2D eigenvalue weighted by Crippen LogP contribution is -2.24. The van der Waals surface area contributed by atoms with Crippen molar-refractivity contribution in [2.75, 3.05) is 0 Å². The molecule has 1 nitrogen and oxygen atoms in total. The fraction of sp³-hybridized carbons (Fsp3) is 0.600. The second-order valence-electron chi connectivity index (χ2n) is 3.73. The Labute approximate surface area is 66.7 Å². The second kappa shape index (κ2) is 1.98. The average Bonchev–Trinajstić information content (AvgIpc) is 2.83. The first-order valence-corrected chi connectivity index (χ1v) is 4.45. The molecule has 3 aliphatic rings. The van der Waals surface area contributed by atoms with Crippen LogP contribution in [0.25, 0.3) is 0 Å². The Bertz CT molecular complexity index is 229. The van der Waals surface area contributed by atoms with E-state index in [0.29, 0.717) is 18.1 Å². The minimum absolute atomic E-state index is 0.579. The monoisotopic (exact) mass is 148 g/mol. The Hall–Kier alpha value is -0.560. The Kier molecular flexibility index (Phi) is 1.08. The van der Waals surface area contributed by atoms with E-state index < -0.39 is 0 Å². The number of hydrogen-bond donors (Lipinski definition) is 0. The molecule has 4 unspecified atom stereocenters. The maximum absolute atomic E-state index is 5.56. The van der Waals surface area contributed by atoms with Crippen LogP contribution in [0, 0.1) is 11.8 Å². The molecule has 1 heterocycles. The van der Waals surface area contributed by atoms with Gasteiger partial charge in [0.15, 0.2) is 0 Å². The van der Waals surface area contributed by atoms with Gasteiger partial charge in [-0.25, -0.2) is 0 Å². The van der Waals surface area contributed by atoms with Crippen LogP contribution in [0.5, 0.6) is 0 Å². The largest absolute Gasteiger partial charge is 0.369 e. The number of epoxide rings is 1. The molecule has 3 rings (SSSR count). The molecule has 0 aromatic heterocycles. The lowest BCUT2D eigenvalue weighted by Gasteiger charge is -2.25. The third kappa shape index (κ3) is 0.807. The maximum Gasteiger partial charge on any atom is 0.0910 e. The molecule has 0 aromatic carbocycles. The quantitative estimate of drug-likeness (QED) is 0.478. The van der Waals surface area contributed by atoms with E-state index in [0.717, 1.165) is 5.92 Å². The van der Waals surface area contributed by atoms with Crippen molar-refractivity contribution in [1.29, 1.82) is 0 Å². The highest BCUT2D eigenvalue weighted by molar-refractivity contribution is 5.20. The third-order valence-electron chi connectivity index (χ3n) is 3.08. The topological polar surface area (TPSA) is 12.5 Å². The Morgan fingerprint density at radius 2 is 2.00 bits per heavy atom. The summed E-state index contributed by atoms with van der Waals surface area (Å²) < 4.78 is 5.56. The van der Waals surface area contributed by atoms with Crippen molar-refractivity contribution in [1.82, 2.24) is 0 Å². The molecule has 0 bridgehead atoms. The highest BCUT2D eigenvalue weighted by Gasteiger charge is 2.49. The van der Waals surface area contributed by atoms with Crippen molar-refractivity contribution in [3.63, 3.8) is 0 Å². The van der Waals surface area contributed by atoms with Crippen molar-refractivity contribution in [2.45, 2.75) is 25.0 Å². The molecule has 0 spiro atoms. The van der Waals surface area contributed by atoms with E-state index in [1.165, 1.54) is 12.8 Å². The van der Waals surface area contributed by atoms with Gasteiger partial charge in [0, 0.05) is 5.92 Å². The van der Waals surface area contributed by atoms with E-state index in [1.54, 1.807) is 0 Å². The van der Waals surface area contributed by atoms with Crippen molar-refractivity contribution >= 4 is 0 Å². The normalized spacial score (nSPS) is 51.6. The number of rotatable bonds is 0. The molecule has 0 N–H and O–H groups in total. The van der Waals surface area contributed by atoms with Gasteiger partial charge in [-0.05, 0) is 18.8 Å². The third-order valence-corrected chi connectivity index (χ3v) is 3.08. The molecule has 58 valence electrons. The standard InChI is InChI=1S/C10H12O/c1-2-4-8-7(3-1)5-6-9-10(8)11-9/h1-4,7-10H,5-6H2. The summed E-state index contributed by atoms with van der Waals surface area (Å²) in [4.78, 5) is 0. The molecular formula is C10H12O. The summed E-state index contributed by atoms with van der Waals surface area (Å²) in [5, 5.41) is 0. The van der Waals surface area contributed by atoms with Crippen LogP contribution in [-0.4, -0.2) is 12.2 Å². The van der Waals surface area contributed by atoms with Crippen LogP contribution in [0.1, 0.15) is 12.8 Å². The first-order chi connectivity index (χ1) is 5.45. The van der Waals surface area contributed by atoms with Gasteiger partial charge in [0.2, 0.25) is 0 Å². The van der Waals surface area contributed by atoms with E-state index in [2.05, 4.69) is 24.3 Å². The van der Waals surface area contributed by atoms with Gasteiger partial charge in [-0.3, -0.25) is 0 Å². The molecule has 2 aliphatic carbocycles. The van der Waals surface area contributed by atoms with Gasteiger partial charge >= 0.3 is 0 Å². The smallest absolute Gasteiger partial charge is 0.0910 e. The summed E-state index contributed by atoms with van der Waals surface area (Å²) in [7, 11) is 0. The molecule has 11 heavy (non-hydrogen) atoms. The average molecular weight is 148 g/mol. The van der Waals surface area contributed by atoms with Crippen LogP contribution in [0.4, 0.5) is 0 Å². The van der Waals surface area contributed by atoms with Crippen LogP contribution in [0.15, 0.2) is 24.3 Å². The van der Waals surface area contributed by atoms with E-state index in [-0.39, 0.29) is 0 Å². The van der Waals surface area contributed by atoms with Crippen LogP contribution >= 0.6 is 0 Å². The highest BCUT2D eigenvalue weighted by atomic mass is 16.6. The summed E-state index contributed by atoms with van der Waals surface area (Å²) in [5.74, 6) is 1.49. The van der Waals surface area contributed by atoms with E-state index in [4.69, 9.17) is 4.74 Å². The van der Waals surface area contributed by atoms with Gasteiger partial charge in [-0.15, -0.1) is 0 Å². The van der Waals surface area contributed by atoms with Crippen molar-refractivity contribution < 1.29 is 4.74 Å². The fourth-order valence-electron chi connectivity index (χ4n) is 2.40. The lowest BCUT2D eigenvalue weighted by molar-refractivity contribution is 0.326. The number of fused-ring (bicyclic) bond motifs is 3. The maximum atomic E-state index is 5.56. The van der Waals surface area contributed by atoms with Gasteiger partial charge in [-0.1, -0.05) is 24.3 Å². The zero-order chi connectivity index (χ0) is 7.26. The number of allylic oxidation sites excluding steroid dienone is 3. The number of hydrogen-bond acceptors (Lipinski definition) is 1. The fourth-order valence-corrected chi connectivity index (χ4v) is 2.40. The summed E-state index contributed by atoms with van der Waals surface area (Å²) in [6.07, 6.45) is 12.8. The Morgan fingerprint density at radius 3 is 3.00 bits per heavy atom. The van der Waals surface area contributed by atoms with Gasteiger partial charge < -0.3 is 4.74 Å². The minimum atomic E-state index is 0.579. The summed E-state index contributed by atoms with van der Waals surface area (Å²) in [6, 6.07) is 0. The molecule has 1 aliphatic heterocycles. The van der Waals surface area contributed by atoms with Gasteiger partial charge in [-0.2, -0.15) is 0 Å². The van der Waals surface area contributed by atoms with Gasteiger partial charge in [0.25, 0.3) is 0 Å². The molecule has 0 radical (unpaired) electrons. The summed E-state index contributed by atoms with van der Waals surface area (Å²) in [6.45, 7) is 0. The predicted molar refractivity (Wildman–Crippen MR) is 43.2 cm³/mol. The zero-order valence-corrected chi connectivity index (χ0v) is 6.44. The lowest BCUT2D eigenvalue weighted by atomic mass is 9.77. The number of ether oxygens (including phenoxy) is 1. The van der Waals surface area contributed by atoms with Crippen molar-refractivity contribution in [3.05, 3.63) is 24.3 Å². The molecule has 0 amide bonds. The van der Waals surface area contributed by atoms with Crippen LogP contribution in [-0.2, 0) is 4.74 Å². The second-order valence-corrected chi connectivity index (χ2v) is 3.73. The van der Waals surface area contributed by atoms with Gasteiger partial charge in [0.05, 0.1) is 12.2 Å². The molecular weight excluding hydrogens is 136 g/mol. The Balaban J connectivity index is 1.89. The molecule has 0 aromatic rings. The minimum Gasteiger partial charge on any atom is -0.369 e. The predicted octanol–water partition coefficient (Wildman–Crippen LogP) is 1.91. The van der Waals surface area contributed by atoms with Crippen molar-refractivity contribution in [2.24, 2.45) is 11.8 Å². The first-order valence-electron chi connectivity index (χ1n) is 4.45. The molecule has 1 saturated heterocycles. The summed E-state index contributed by atoms with van der Waals surface area (Å²) >= 11 is 0. The Morgan fingerprint density at radius 1 is 1.09 bits per heavy atom. The molecule has 2 fully saturated rings. The van der Waals surface area contributed by atoms with Crippen LogP contribution in [0.3, 0.4) is 0 Å².